The van der Waals surface area contributed by atoms with E-state index in [0.29, 0.717) is 17.3 Å². The van der Waals surface area contributed by atoms with Crippen LogP contribution in [-0.2, 0) is 0 Å². The van der Waals surface area contributed by atoms with Crippen LogP contribution < -0.4 is 10.3 Å². The molecule has 3 heterocycles. The van der Waals surface area contributed by atoms with Crippen LogP contribution in [0.5, 0.6) is 5.75 Å². The molecule has 2 fully saturated rings. The number of fused-ring (bicyclic) bond motifs is 1. The predicted octanol–water partition coefficient (Wildman–Crippen LogP) is 3.37. The number of benzene rings is 1. The molecule has 0 spiro atoms. The summed E-state index contributed by atoms with van der Waals surface area (Å²) in [5.74, 6) is 1.62. The molecule has 2 aromatic heterocycles. The van der Waals surface area contributed by atoms with Crippen molar-refractivity contribution in [2.45, 2.75) is 57.7 Å². The number of nitrogens with one attached hydrogen (secondary N) is 1. The highest BCUT2D eigenvalue weighted by atomic mass is 16.5. The first kappa shape index (κ1) is 18.4. The van der Waals surface area contributed by atoms with E-state index in [9.17, 15) is 4.79 Å². The molecule has 1 N–H and O–H groups in total. The third-order valence-electron chi connectivity index (χ3n) is 6.26. The lowest BCUT2D eigenvalue weighted by atomic mass is 10.1. The zero-order valence-electron chi connectivity index (χ0n) is 17.0. The summed E-state index contributed by atoms with van der Waals surface area (Å²) in [6.45, 7) is 5.79. The third-order valence-corrected chi connectivity index (χ3v) is 6.26. The number of aryl methyl sites for hydroxylation is 1. The van der Waals surface area contributed by atoms with Gasteiger partial charge in [0.1, 0.15) is 23.1 Å². The van der Waals surface area contributed by atoms with Crippen LogP contribution in [-0.4, -0.2) is 43.8 Å². The number of rotatable bonds is 5. The smallest absolute Gasteiger partial charge is 0.262 e. The zero-order valence-corrected chi connectivity index (χ0v) is 17.0. The third kappa shape index (κ3) is 3.44. The van der Waals surface area contributed by atoms with Crippen molar-refractivity contribution in [2.24, 2.45) is 0 Å². The Hall–Kier alpha value is -2.67. The number of H-pyrrole nitrogens is 1. The van der Waals surface area contributed by atoms with E-state index >= 15 is 0 Å². The number of aromatic amines is 1. The molecule has 1 aliphatic carbocycles. The Kier molecular flexibility index (Phi) is 4.62. The summed E-state index contributed by atoms with van der Waals surface area (Å²) >= 11 is 0. The van der Waals surface area contributed by atoms with Gasteiger partial charge in [0.2, 0.25) is 0 Å². The van der Waals surface area contributed by atoms with Crippen molar-refractivity contribution in [3.63, 3.8) is 0 Å². The van der Waals surface area contributed by atoms with Gasteiger partial charge < -0.3 is 9.72 Å². The highest BCUT2D eigenvalue weighted by molar-refractivity contribution is 5.73. The second-order valence-electron chi connectivity index (χ2n) is 8.40. The van der Waals surface area contributed by atoms with E-state index in [0.717, 1.165) is 37.3 Å². The van der Waals surface area contributed by atoms with Crippen LogP contribution >= 0.6 is 0 Å². The second kappa shape index (κ2) is 7.30. The minimum Gasteiger partial charge on any atom is -0.488 e. The Bertz CT molecular complexity index is 1080. The first-order valence-electron chi connectivity index (χ1n) is 10.5. The average Bonchev–Trinajstić information content (AvgIpc) is 3.33. The lowest BCUT2D eigenvalue weighted by Gasteiger charge is -2.42. The van der Waals surface area contributed by atoms with Gasteiger partial charge in [-0.1, -0.05) is 25.0 Å². The summed E-state index contributed by atoms with van der Waals surface area (Å²) < 4.78 is 8.03. The van der Waals surface area contributed by atoms with E-state index in [2.05, 4.69) is 41.0 Å². The lowest BCUT2D eigenvalue weighted by molar-refractivity contribution is -0.00737. The summed E-state index contributed by atoms with van der Waals surface area (Å²) in [5, 5.41) is 5.06. The molecule has 7 heteroatoms. The van der Waals surface area contributed by atoms with Crippen LogP contribution in [0.1, 0.15) is 56.1 Å². The fourth-order valence-electron chi connectivity index (χ4n) is 4.48. The fourth-order valence-corrected chi connectivity index (χ4v) is 4.48. The van der Waals surface area contributed by atoms with Crippen molar-refractivity contribution in [3.05, 3.63) is 52.2 Å². The molecule has 0 radical (unpaired) electrons. The van der Waals surface area contributed by atoms with Crippen molar-refractivity contribution < 1.29 is 4.74 Å². The Morgan fingerprint density at radius 3 is 2.79 bits per heavy atom. The molecule has 2 aliphatic rings. The molecule has 0 unspecified atom stereocenters. The Morgan fingerprint density at radius 1 is 1.24 bits per heavy atom. The van der Waals surface area contributed by atoms with E-state index in [-0.39, 0.29) is 17.7 Å². The molecule has 7 nitrogen and oxygen atoms in total. The van der Waals surface area contributed by atoms with E-state index in [1.54, 1.807) is 6.20 Å². The van der Waals surface area contributed by atoms with Crippen molar-refractivity contribution >= 4 is 11.0 Å². The molecule has 1 aliphatic heterocycles. The first-order chi connectivity index (χ1) is 14.1. The van der Waals surface area contributed by atoms with Gasteiger partial charge >= 0.3 is 0 Å². The molecule has 1 saturated heterocycles. The zero-order chi connectivity index (χ0) is 20.0. The van der Waals surface area contributed by atoms with Crippen LogP contribution in [0, 0.1) is 6.92 Å². The normalized spacial score (nSPS) is 19.5. The lowest BCUT2D eigenvalue weighted by Crippen LogP contribution is -2.54. The van der Waals surface area contributed by atoms with Crippen molar-refractivity contribution in [1.82, 2.24) is 24.6 Å². The molecule has 1 saturated carbocycles. The topological polar surface area (TPSA) is 76.0 Å². The summed E-state index contributed by atoms with van der Waals surface area (Å²) in [6.07, 6.45) is 6.48. The Balaban J connectivity index is 1.32. The largest absolute Gasteiger partial charge is 0.488 e. The van der Waals surface area contributed by atoms with E-state index in [1.165, 1.54) is 18.4 Å². The Morgan fingerprint density at radius 2 is 2.03 bits per heavy atom. The molecule has 5 rings (SSSR count). The molecule has 1 atom stereocenters. The van der Waals surface area contributed by atoms with Crippen LogP contribution in [0.2, 0.25) is 0 Å². The molecule has 0 bridgehead atoms. The standard InChI is InChI=1S/C22H27N5O2/c1-14-6-5-9-17(10-14)29-18-12-26(13-18)15(2)20-24-21-19(22(28)25-20)11-23-27(21)16-7-3-4-8-16/h5-6,9-11,15-16,18H,3-4,7-8,12-13H2,1-2H3,(H,24,25,28)/t15-/m1/s1. The molecule has 0 amide bonds. The van der Waals surface area contributed by atoms with Gasteiger partial charge in [-0.25, -0.2) is 9.67 Å². The van der Waals surface area contributed by atoms with Gasteiger partial charge in [0, 0.05) is 13.1 Å². The Labute approximate surface area is 169 Å². The van der Waals surface area contributed by atoms with Crippen LogP contribution in [0.3, 0.4) is 0 Å². The van der Waals surface area contributed by atoms with Crippen LogP contribution in [0.4, 0.5) is 0 Å². The van der Waals surface area contributed by atoms with Gasteiger partial charge in [-0.3, -0.25) is 9.69 Å². The summed E-state index contributed by atoms with van der Waals surface area (Å²) in [5.41, 5.74) is 1.81. The maximum atomic E-state index is 12.6. The summed E-state index contributed by atoms with van der Waals surface area (Å²) in [7, 11) is 0. The monoisotopic (exact) mass is 393 g/mol. The number of hydrogen-bond acceptors (Lipinski definition) is 5. The minimum absolute atomic E-state index is 0.0244. The van der Waals surface area contributed by atoms with E-state index in [4.69, 9.17) is 9.72 Å². The van der Waals surface area contributed by atoms with Crippen molar-refractivity contribution in [2.75, 3.05) is 13.1 Å². The maximum Gasteiger partial charge on any atom is 0.262 e. The summed E-state index contributed by atoms with van der Waals surface area (Å²) in [4.78, 5) is 22.7. The second-order valence-corrected chi connectivity index (χ2v) is 8.40. The van der Waals surface area contributed by atoms with Gasteiger partial charge in [-0.2, -0.15) is 5.10 Å². The quantitative estimate of drug-likeness (QED) is 0.719. The number of hydrogen-bond donors (Lipinski definition) is 1. The van der Waals surface area contributed by atoms with E-state index < -0.39 is 0 Å². The summed E-state index contributed by atoms with van der Waals surface area (Å²) in [6, 6.07) is 8.52. The predicted molar refractivity (Wildman–Crippen MR) is 111 cm³/mol. The number of aromatic nitrogens is 4. The molecular formula is C22H27N5O2. The molecule has 1 aromatic carbocycles. The highest BCUT2D eigenvalue weighted by Gasteiger charge is 2.34. The highest BCUT2D eigenvalue weighted by Crippen LogP contribution is 2.31. The molecule has 152 valence electrons. The van der Waals surface area contributed by atoms with Crippen LogP contribution in [0.15, 0.2) is 35.3 Å². The first-order valence-corrected chi connectivity index (χ1v) is 10.5. The molecule has 3 aromatic rings. The fraction of sp³-hybridized carbons (Fsp3) is 0.500. The molecule has 29 heavy (non-hydrogen) atoms. The number of likely N-dealkylation sites (tertiary alicyclic amines) is 1. The van der Waals surface area contributed by atoms with Crippen molar-refractivity contribution in [3.8, 4) is 5.75 Å². The number of ether oxygens (including phenoxy) is 1. The van der Waals surface area contributed by atoms with Crippen LogP contribution in [0.25, 0.3) is 11.0 Å². The SMILES string of the molecule is Cc1cccc(OC2CN([C@H](C)c3nc4c(cnn4C4CCCC4)c(=O)[nH]3)C2)c1. The van der Waals surface area contributed by atoms with Gasteiger partial charge in [-0.15, -0.1) is 0 Å². The van der Waals surface area contributed by atoms with Gasteiger partial charge in [-0.05, 0) is 44.4 Å². The van der Waals surface area contributed by atoms with E-state index in [1.807, 2.05) is 16.8 Å². The average molecular weight is 393 g/mol. The number of nitrogens with zero attached hydrogens (tertiary/aromatic N) is 4. The minimum atomic E-state index is -0.103. The maximum absolute atomic E-state index is 12.6. The van der Waals surface area contributed by atoms with Crippen molar-refractivity contribution in [1.29, 1.82) is 0 Å². The van der Waals surface area contributed by atoms with Gasteiger partial charge in [0.25, 0.3) is 5.56 Å². The van der Waals surface area contributed by atoms with Gasteiger partial charge in [0.15, 0.2) is 5.65 Å². The van der Waals surface area contributed by atoms with Gasteiger partial charge in [0.05, 0.1) is 18.3 Å². The molecular weight excluding hydrogens is 366 g/mol.